The van der Waals surface area contributed by atoms with Gasteiger partial charge in [-0.25, -0.2) is 4.39 Å². The van der Waals surface area contributed by atoms with Gasteiger partial charge in [-0.15, -0.1) is 0 Å². The third-order valence-corrected chi connectivity index (χ3v) is 4.45. The molecule has 0 radical (unpaired) electrons. The van der Waals surface area contributed by atoms with E-state index in [1.54, 1.807) is 24.3 Å². The highest BCUT2D eigenvalue weighted by molar-refractivity contribution is 6.42. The standard InChI is InChI=1S/C17H15Cl2FN2O/c18-15-6-3-12(7-16(15)19)17-8-14(23-22-17)10-21-9-11-1-4-13(20)5-2-11/h1-7,14,21H,8-10H2/p+1/t14-/m1/s1. The van der Waals surface area contributed by atoms with Crippen LogP contribution in [0.5, 0.6) is 0 Å². The van der Waals surface area contributed by atoms with E-state index < -0.39 is 0 Å². The molecule has 1 aliphatic heterocycles. The van der Waals surface area contributed by atoms with Gasteiger partial charge in [0.05, 0.1) is 15.8 Å². The summed E-state index contributed by atoms with van der Waals surface area (Å²) >= 11 is 12.0. The minimum atomic E-state index is -0.215. The summed E-state index contributed by atoms with van der Waals surface area (Å²) in [5.74, 6) is -0.215. The Morgan fingerprint density at radius 1 is 1.13 bits per heavy atom. The van der Waals surface area contributed by atoms with Gasteiger partial charge in [-0.3, -0.25) is 0 Å². The van der Waals surface area contributed by atoms with Gasteiger partial charge in [0.1, 0.15) is 18.9 Å². The number of nitrogens with zero attached hydrogens (tertiary/aromatic N) is 1. The van der Waals surface area contributed by atoms with Gasteiger partial charge in [-0.05, 0) is 24.3 Å². The van der Waals surface area contributed by atoms with E-state index >= 15 is 0 Å². The molecule has 3 rings (SSSR count). The fourth-order valence-corrected chi connectivity index (χ4v) is 2.76. The summed E-state index contributed by atoms with van der Waals surface area (Å²) < 4.78 is 12.8. The van der Waals surface area contributed by atoms with Crippen molar-refractivity contribution in [2.45, 2.75) is 19.1 Å². The molecule has 2 aromatic rings. The molecule has 23 heavy (non-hydrogen) atoms. The number of nitrogens with two attached hydrogens (primary N) is 1. The first-order chi connectivity index (χ1) is 11.1. The molecular formula is C17H16Cl2FN2O+. The van der Waals surface area contributed by atoms with Crippen LogP contribution >= 0.6 is 23.2 Å². The average Bonchev–Trinajstić information content (AvgIpc) is 3.01. The zero-order valence-electron chi connectivity index (χ0n) is 12.3. The highest BCUT2D eigenvalue weighted by atomic mass is 35.5. The Morgan fingerprint density at radius 2 is 1.91 bits per heavy atom. The zero-order chi connectivity index (χ0) is 16.2. The quantitative estimate of drug-likeness (QED) is 0.878. The monoisotopic (exact) mass is 353 g/mol. The van der Waals surface area contributed by atoms with Crippen LogP contribution in [0.25, 0.3) is 0 Å². The van der Waals surface area contributed by atoms with E-state index in [9.17, 15) is 4.39 Å². The van der Waals surface area contributed by atoms with E-state index in [4.69, 9.17) is 28.0 Å². The molecule has 0 saturated heterocycles. The van der Waals surface area contributed by atoms with Crippen LogP contribution < -0.4 is 5.32 Å². The summed E-state index contributed by atoms with van der Waals surface area (Å²) in [4.78, 5) is 5.47. The van der Waals surface area contributed by atoms with Crippen molar-refractivity contribution in [1.29, 1.82) is 0 Å². The van der Waals surface area contributed by atoms with E-state index in [-0.39, 0.29) is 11.9 Å². The molecule has 6 heteroatoms. The molecule has 2 N–H and O–H groups in total. The second-order valence-electron chi connectivity index (χ2n) is 5.45. The number of benzene rings is 2. The maximum Gasteiger partial charge on any atom is 0.181 e. The predicted octanol–water partition coefficient (Wildman–Crippen LogP) is 3.39. The number of hydrogen-bond acceptors (Lipinski definition) is 2. The maximum absolute atomic E-state index is 12.8. The van der Waals surface area contributed by atoms with Crippen LogP contribution in [-0.2, 0) is 11.4 Å². The normalized spacial score (nSPS) is 17.0. The van der Waals surface area contributed by atoms with E-state index in [1.807, 2.05) is 6.07 Å². The lowest BCUT2D eigenvalue weighted by Gasteiger charge is -2.07. The predicted molar refractivity (Wildman–Crippen MR) is 89.4 cm³/mol. The number of rotatable bonds is 5. The third kappa shape index (κ3) is 4.22. The number of oxime groups is 1. The van der Waals surface area contributed by atoms with Crippen molar-refractivity contribution in [3.05, 3.63) is 69.5 Å². The fraction of sp³-hybridized carbons (Fsp3) is 0.235. The first kappa shape index (κ1) is 16.2. The van der Waals surface area contributed by atoms with E-state index in [0.717, 1.165) is 36.3 Å². The molecule has 1 aliphatic rings. The Labute approximate surface area is 144 Å². The smallest absolute Gasteiger partial charge is 0.181 e. The average molecular weight is 354 g/mol. The van der Waals surface area contributed by atoms with Gasteiger partial charge in [-0.1, -0.05) is 46.6 Å². The van der Waals surface area contributed by atoms with Crippen molar-refractivity contribution in [2.24, 2.45) is 5.16 Å². The van der Waals surface area contributed by atoms with Crippen LogP contribution in [-0.4, -0.2) is 18.4 Å². The van der Waals surface area contributed by atoms with E-state index in [0.29, 0.717) is 10.0 Å². The molecular weight excluding hydrogens is 338 g/mol. The first-order valence-electron chi connectivity index (χ1n) is 7.36. The summed E-state index contributed by atoms with van der Waals surface area (Å²) in [5, 5.41) is 7.31. The Hall–Kier alpha value is -1.62. The summed E-state index contributed by atoms with van der Waals surface area (Å²) in [6.45, 7) is 1.56. The maximum atomic E-state index is 12.8. The summed E-state index contributed by atoms with van der Waals surface area (Å²) in [7, 11) is 0. The van der Waals surface area contributed by atoms with Crippen molar-refractivity contribution in [2.75, 3.05) is 6.54 Å². The Balaban J connectivity index is 1.49. The Bertz CT molecular complexity index is 719. The van der Waals surface area contributed by atoms with Crippen molar-refractivity contribution in [1.82, 2.24) is 0 Å². The highest BCUT2D eigenvalue weighted by Gasteiger charge is 2.23. The Morgan fingerprint density at radius 3 is 2.65 bits per heavy atom. The fourth-order valence-electron chi connectivity index (χ4n) is 2.46. The lowest BCUT2D eigenvalue weighted by atomic mass is 10.1. The molecule has 0 amide bonds. The van der Waals surface area contributed by atoms with E-state index in [1.165, 1.54) is 12.1 Å². The van der Waals surface area contributed by atoms with Crippen LogP contribution in [0.15, 0.2) is 47.6 Å². The number of hydrogen-bond donors (Lipinski definition) is 1. The molecule has 0 aromatic heterocycles. The molecule has 0 spiro atoms. The second-order valence-corrected chi connectivity index (χ2v) is 6.27. The molecule has 0 saturated carbocycles. The van der Waals surface area contributed by atoms with Crippen LogP contribution in [0.3, 0.4) is 0 Å². The van der Waals surface area contributed by atoms with Crippen molar-refractivity contribution in [3.8, 4) is 0 Å². The minimum Gasteiger partial charge on any atom is -0.386 e. The summed E-state index contributed by atoms with van der Waals surface area (Å²) in [6.07, 6.45) is 0.762. The van der Waals surface area contributed by atoms with Crippen LogP contribution in [0.1, 0.15) is 17.5 Å². The topological polar surface area (TPSA) is 38.2 Å². The van der Waals surface area contributed by atoms with Gasteiger partial charge in [0, 0.05) is 17.5 Å². The van der Waals surface area contributed by atoms with Gasteiger partial charge in [0.2, 0.25) is 0 Å². The lowest BCUT2D eigenvalue weighted by molar-refractivity contribution is -0.676. The first-order valence-corrected chi connectivity index (χ1v) is 8.11. The molecule has 0 aliphatic carbocycles. The molecule has 120 valence electrons. The SMILES string of the molecule is Fc1ccc(C[NH2+]C[C@H]2CC(c3ccc(Cl)c(Cl)c3)=NO2)cc1. The minimum absolute atomic E-state index is 0.0277. The van der Waals surface area contributed by atoms with Crippen molar-refractivity contribution < 1.29 is 14.5 Å². The van der Waals surface area contributed by atoms with Crippen LogP contribution in [0.2, 0.25) is 10.0 Å². The van der Waals surface area contributed by atoms with Gasteiger partial charge < -0.3 is 10.2 Å². The van der Waals surface area contributed by atoms with Crippen LogP contribution in [0.4, 0.5) is 4.39 Å². The molecule has 0 fully saturated rings. The number of quaternary nitrogens is 1. The molecule has 0 unspecified atom stereocenters. The molecule has 3 nitrogen and oxygen atoms in total. The second kappa shape index (κ2) is 7.30. The van der Waals surface area contributed by atoms with Gasteiger partial charge in [0.15, 0.2) is 6.10 Å². The van der Waals surface area contributed by atoms with Crippen LogP contribution in [0, 0.1) is 5.82 Å². The summed E-state index contributed by atoms with van der Waals surface area (Å²) in [5.41, 5.74) is 2.89. The van der Waals surface area contributed by atoms with Gasteiger partial charge in [0.25, 0.3) is 0 Å². The zero-order valence-corrected chi connectivity index (χ0v) is 13.8. The lowest BCUT2D eigenvalue weighted by Crippen LogP contribution is -2.84. The Kier molecular flexibility index (Phi) is 5.16. The molecule has 0 bridgehead atoms. The molecule has 1 atom stereocenters. The van der Waals surface area contributed by atoms with E-state index in [2.05, 4.69) is 10.5 Å². The highest BCUT2D eigenvalue weighted by Crippen LogP contribution is 2.25. The molecule has 2 aromatic carbocycles. The summed E-state index contributed by atoms with van der Waals surface area (Å²) in [6, 6.07) is 12.0. The third-order valence-electron chi connectivity index (χ3n) is 3.71. The largest absolute Gasteiger partial charge is 0.386 e. The molecule has 1 heterocycles. The van der Waals surface area contributed by atoms with Gasteiger partial charge >= 0.3 is 0 Å². The van der Waals surface area contributed by atoms with Crippen molar-refractivity contribution >= 4 is 28.9 Å². The number of halogens is 3. The van der Waals surface area contributed by atoms with Gasteiger partial charge in [-0.2, -0.15) is 0 Å². The van der Waals surface area contributed by atoms with Crippen molar-refractivity contribution in [3.63, 3.8) is 0 Å².